The van der Waals surface area contributed by atoms with Crippen LogP contribution in [0.5, 0.6) is 11.5 Å². The highest BCUT2D eigenvalue weighted by Gasteiger charge is 2.75. The Morgan fingerprint density at radius 2 is 1.04 bits per heavy atom. The third-order valence-electron chi connectivity index (χ3n) is 15.9. The second-order valence-corrected chi connectivity index (χ2v) is 24.1. The van der Waals surface area contributed by atoms with E-state index in [0.717, 1.165) is 42.0 Å². The maximum atomic E-state index is 7.38. The Morgan fingerprint density at radius 1 is 0.552 bits per heavy atom. The van der Waals surface area contributed by atoms with Crippen molar-refractivity contribution >= 4 is 12.4 Å². The zero-order chi connectivity index (χ0) is 48.7. The number of nitrogens with zero attached hydrogens (tertiary/aromatic N) is 4. The first kappa shape index (κ1) is 52.9. The minimum atomic E-state index is -1.11. The van der Waals surface area contributed by atoms with Crippen LogP contribution >= 0.6 is 0 Å². The van der Waals surface area contributed by atoms with Gasteiger partial charge in [-0.1, -0.05) is 161 Å². The van der Waals surface area contributed by atoms with Gasteiger partial charge >= 0.3 is 6.03 Å². The molecule has 3 aromatic carbocycles. The fourth-order valence-electron chi connectivity index (χ4n) is 11.5. The summed E-state index contributed by atoms with van der Waals surface area (Å²) in [5, 5.41) is 0. The monoisotopic (exact) mass is 919 g/mol. The van der Waals surface area contributed by atoms with Crippen molar-refractivity contribution in [2.24, 2.45) is 0 Å². The summed E-state index contributed by atoms with van der Waals surface area (Å²) in [6, 6.07) is 18.1. The van der Waals surface area contributed by atoms with Crippen LogP contribution in [-0.2, 0) is 23.7 Å². The molecule has 3 heterocycles. The van der Waals surface area contributed by atoms with E-state index in [1.807, 2.05) is 0 Å². The van der Waals surface area contributed by atoms with E-state index in [9.17, 15) is 0 Å². The topological polar surface area (TPSA) is 24.5 Å². The van der Waals surface area contributed by atoms with Crippen LogP contribution in [0.4, 0.5) is 0 Å². The van der Waals surface area contributed by atoms with Crippen molar-refractivity contribution in [3.05, 3.63) is 81.9 Å². The first-order valence-electron chi connectivity index (χ1n) is 27.6. The van der Waals surface area contributed by atoms with E-state index in [0.29, 0.717) is 0 Å². The summed E-state index contributed by atoms with van der Waals surface area (Å²) in [7, 11) is 0. The first-order valence-corrected chi connectivity index (χ1v) is 27.6. The van der Waals surface area contributed by atoms with E-state index >= 15 is 0 Å². The van der Waals surface area contributed by atoms with E-state index in [4.69, 9.17) is 9.47 Å². The lowest BCUT2D eigenvalue weighted by molar-refractivity contribution is -0.928. The van der Waals surface area contributed by atoms with Gasteiger partial charge in [0.25, 0.3) is 0 Å². The molecule has 1 spiro atoms. The maximum Gasteiger partial charge on any atom is 0.704 e. The Bertz CT molecular complexity index is 2080. The van der Waals surface area contributed by atoms with E-state index in [2.05, 4.69) is 167 Å². The molecule has 3 aliphatic rings. The van der Waals surface area contributed by atoms with Crippen molar-refractivity contribution in [3.8, 4) is 22.6 Å². The quantitative estimate of drug-likeness (QED) is 0.0625. The molecule has 1 fully saturated rings. The molecular formula is C61H98N4O2+4. The largest absolute Gasteiger partial charge is 0.704 e. The number of quaternary nitrogens is 2. The molecule has 1 atom stereocenters. The molecule has 0 amide bonds. The number of rotatable bonds is 25. The molecule has 0 bridgehead atoms. The first-order chi connectivity index (χ1) is 31.8. The van der Waals surface area contributed by atoms with Crippen LogP contribution in [0, 0.1) is 0 Å². The van der Waals surface area contributed by atoms with Crippen LogP contribution in [0.25, 0.3) is 11.1 Å². The van der Waals surface area contributed by atoms with Crippen molar-refractivity contribution in [3.63, 3.8) is 0 Å². The molecule has 6 nitrogen and oxygen atoms in total. The van der Waals surface area contributed by atoms with Gasteiger partial charge in [-0.25, -0.2) is 0 Å². The molecule has 1 unspecified atom stereocenters. The highest BCUT2D eigenvalue weighted by atomic mass is 16.7. The molecule has 0 radical (unpaired) electrons. The molecule has 6 rings (SSSR count). The normalized spacial score (nSPS) is 17.8. The van der Waals surface area contributed by atoms with Gasteiger partial charge in [-0.15, -0.1) is 0 Å². The van der Waals surface area contributed by atoms with Gasteiger partial charge in [0.15, 0.2) is 23.9 Å². The average molecular weight is 919 g/mol. The predicted molar refractivity (Wildman–Crippen MR) is 286 cm³/mol. The summed E-state index contributed by atoms with van der Waals surface area (Å²) < 4.78 is 21.9. The van der Waals surface area contributed by atoms with Crippen LogP contribution < -0.4 is 9.47 Å². The Labute approximate surface area is 411 Å². The molecule has 0 saturated carbocycles. The van der Waals surface area contributed by atoms with Gasteiger partial charge < -0.3 is 18.4 Å². The van der Waals surface area contributed by atoms with Crippen LogP contribution in [0.3, 0.4) is 0 Å². The zero-order valence-corrected chi connectivity index (χ0v) is 45.6. The number of ether oxygens (including phenoxy) is 2. The molecule has 1 saturated heterocycles. The Morgan fingerprint density at radius 3 is 1.49 bits per heavy atom. The lowest BCUT2D eigenvalue weighted by Gasteiger charge is -2.40. The summed E-state index contributed by atoms with van der Waals surface area (Å²) in [5.74, 6) is 1.81. The number of fused-ring (bicyclic) bond motifs is 2. The maximum absolute atomic E-state index is 7.38. The van der Waals surface area contributed by atoms with E-state index < -0.39 is 6.03 Å². The number of hydrogen-bond acceptors (Lipinski definition) is 2. The summed E-state index contributed by atoms with van der Waals surface area (Å²) >= 11 is 0. The van der Waals surface area contributed by atoms with Gasteiger partial charge in [-0.2, -0.15) is 0 Å². The van der Waals surface area contributed by atoms with Gasteiger partial charge in [-0.05, 0) is 95.4 Å². The summed E-state index contributed by atoms with van der Waals surface area (Å²) in [6.45, 7) is 43.7. The minimum Gasteiger partial charge on any atom is -0.341 e. The Balaban J connectivity index is 1.46. The molecule has 0 N–H and O–H groups in total. The predicted octanol–water partition coefficient (Wildman–Crippen LogP) is 14.2. The van der Waals surface area contributed by atoms with Crippen LogP contribution in [-0.4, -0.2) is 101 Å². The summed E-state index contributed by atoms with van der Waals surface area (Å²) in [6.07, 6.45) is 22.3. The molecule has 370 valence electrons. The standard InChI is InChI=1S/C61H98N4O2/c1-15-21-34-64(35-22-16-2,36-23-17-3)40-32-48-28-27-29-49(33-41-65(37-24-18-4,38-25-19-5)39-26-20-6)56(48)50-30-31-55-51(42-50)45-62-47-60(13,14)63-46-52-43-53(58(7,8)9)44-54(59(10,11)12)57(52)67-61(62,63)66-55/h27-31,42-46H,15-26,32-41,47H2,1-14H3/q+4. The van der Waals surface area contributed by atoms with Crippen molar-refractivity contribution in [2.45, 2.75) is 209 Å². The van der Waals surface area contributed by atoms with Gasteiger partial charge in [0, 0.05) is 32.3 Å². The molecule has 3 aliphatic heterocycles. The van der Waals surface area contributed by atoms with E-state index in [1.54, 1.807) is 0 Å². The van der Waals surface area contributed by atoms with Gasteiger partial charge in [0.1, 0.15) is 0 Å². The molecular weight excluding hydrogens is 821 g/mol. The van der Waals surface area contributed by atoms with E-state index in [1.165, 1.54) is 172 Å². The number of benzene rings is 3. The minimum absolute atomic E-state index is 0.0115. The third kappa shape index (κ3) is 11.9. The second-order valence-electron chi connectivity index (χ2n) is 24.1. The molecule has 67 heavy (non-hydrogen) atoms. The van der Waals surface area contributed by atoms with Crippen molar-refractivity contribution in [1.29, 1.82) is 0 Å². The van der Waals surface area contributed by atoms with Crippen molar-refractivity contribution in [2.75, 3.05) is 58.9 Å². The lowest BCUT2D eigenvalue weighted by atomic mass is 9.79. The number of hydrogen-bond donors (Lipinski definition) is 0. The van der Waals surface area contributed by atoms with Crippen molar-refractivity contribution in [1.82, 2.24) is 0 Å². The molecule has 3 aromatic rings. The summed E-state index contributed by atoms with van der Waals surface area (Å²) in [5.41, 5.74) is 10.3. The molecule has 0 aromatic heterocycles. The van der Waals surface area contributed by atoms with Crippen LogP contribution in [0.2, 0.25) is 0 Å². The third-order valence-corrected chi connectivity index (χ3v) is 15.9. The summed E-state index contributed by atoms with van der Waals surface area (Å²) in [4.78, 5) is 0. The Hall–Kier alpha value is -3.48. The molecule has 6 heteroatoms. The zero-order valence-electron chi connectivity index (χ0n) is 45.6. The van der Waals surface area contributed by atoms with Gasteiger partial charge in [0.05, 0.1) is 63.5 Å². The second kappa shape index (κ2) is 22.1. The number of unbranched alkanes of at least 4 members (excludes halogenated alkanes) is 6. The lowest BCUT2D eigenvalue weighted by Crippen LogP contribution is -2.61. The van der Waals surface area contributed by atoms with Gasteiger partial charge in [0.2, 0.25) is 12.1 Å². The SMILES string of the molecule is CCCC[N+](CCCC)(CCCC)CCc1cccc(CC[N+](CCCC)(CCCC)CCCC)c1-c1ccc2c(c1)C=[N+]1CC(C)(C)[N+]3=Cc4cc(C(C)(C)C)cc(C(C)(C)C)c4OC13O2. The molecule has 0 aliphatic carbocycles. The fourth-order valence-corrected chi connectivity index (χ4v) is 11.5. The van der Waals surface area contributed by atoms with E-state index in [-0.39, 0.29) is 16.4 Å². The highest BCUT2D eigenvalue weighted by Crippen LogP contribution is 2.47. The average Bonchev–Trinajstić information content (AvgIpc) is 3.51. The van der Waals surface area contributed by atoms with Crippen molar-refractivity contribution < 1.29 is 27.6 Å². The smallest absolute Gasteiger partial charge is 0.341 e. The highest BCUT2D eigenvalue weighted by molar-refractivity contribution is 5.86. The fraction of sp³-hybridized carbons (Fsp3) is 0.672. The van der Waals surface area contributed by atoms with Crippen LogP contribution in [0.1, 0.15) is 207 Å². The van der Waals surface area contributed by atoms with Gasteiger partial charge in [-0.3, -0.25) is 0 Å². The Kier molecular flexibility index (Phi) is 17.4. The van der Waals surface area contributed by atoms with Crippen LogP contribution in [0.15, 0.2) is 48.5 Å².